The molecule has 1 aliphatic heterocycles. The van der Waals surface area contributed by atoms with Gasteiger partial charge in [-0.1, -0.05) is 0 Å². The van der Waals surface area contributed by atoms with Crippen LogP contribution in [0.4, 0.5) is 0 Å². The van der Waals surface area contributed by atoms with Crippen LogP contribution < -0.4 is 10.5 Å². The van der Waals surface area contributed by atoms with Gasteiger partial charge >= 0.3 is 0 Å². The third-order valence-electron chi connectivity index (χ3n) is 3.28. The largest absolute Gasteiger partial charge is 0.379 e. The second kappa shape index (κ2) is 5.16. The second-order valence-electron chi connectivity index (χ2n) is 5.40. The molecule has 1 fully saturated rings. The van der Waals surface area contributed by atoms with Gasteiger partial charge in [0.1, 0.15) is 0 Å². The molecule has 0 aliphatic carbocycles. The Bertz CT molecular complexity index is 634. The maximum absolute atomic E-state index is 12.2. The number of carbonyl (C=O) groups is 1. The Labute approximate surface area is 118 Å². The van der Waals surface area contributed by atoms with E-state index in [1.807, 2.05) is 6.92 Å². The molecule has 0 saturated carbocycles. The van der Waals surface area contributed by atoms with Crippen LogP contribution in [0.15, 0.2) is 23.1 Å². The summed E-state index contributed by atoms with van der Waals surface area (Å²) in [6, 6.07) is 4.35. The number of nitrogens with one attached hydrogen (secondary N) is 1. The quantitative estimate of drug-likeness (QED) is 0.851. The van der Waals surface area contributed by atoms with Crippen LogP contribution in [-0.4, -0.2) is 33.1 Å². The lowest BCUT2D eigenvalue weighted by Crippen LogP contribution is -2.46. The normalized spacial score (nSPS) is 22.8. The Hall–Kier alpha value is -1.44. The first-order valence-corrected chi connectivity index (χ1v) is 7.79. The summed E-state index contributed by atoms with van der Waals surface area (Å²) in [4.78, 5) is 12.2. The molecule has 1 aliphatic rings. The molecule has 0 spiro atoms. The van der Waals surface area contributed by atoms with Crippen LogP contribution in [0, 0.1) is 6.92 Å². The number of rotatable bonds is 3. The number of carbonyl (C=O) groups excluding carboxylic acids is 1. The molecule has 6 nitrogen and oxygen atoms in total. The van der Waals surface area contributed by atoms with E-state index in [0.717, 1.165) is 6.42 Å². The fourth-order valence-electron chi connectivity index (χ4n) is 2.16. The number of sulfonamides is 1. The molecule has 2 rings (SSSR count). The van der Waals surface area contributed by atoms with Gasteiger partial charge in [0.15, 0.2) is 0 Å². The Morgan fingerprint density at radius 2 is 2.10 bits per heavy atom. The molecule has 3 N–H and O–H groups in total. The van der Waals surface area contributed by atoms with Crippen LogP contribution in [0.3, 0.4) is 0 Å². The summed E-state index contributed by atoms with van der Waals surface area (Å²) in [5.74, 6) is -0.327. The zero-order valence-electron chi connectivity index (χ0n) is 11.5. The maximum Gasteiger partial charge on any atom is 0.251 e. The molecule has 7 heteroatoms. The van der Waals surface area contributed by atoms with Gasteiger partial charge in [0, 0.05) is 12.2 Å². The van der Waals surface area contributed by atoms with Gasteiger partial charge in [-0.2, -0.15) is 0 Å². The van der Waals surface area contributed by atoms with E-state index in [1.165, 1.54) is 12.1 Å². The van der Waals surface area contributed by atoms with Gasteiger partial charge in [0.2, 0.25) is 10.0 Å². The van der Waals surface area contributed by atoms with E-state index >= 15 is 0 Å². The number of primary sulfonamides is 1. The van der Waals surface area contributed by atoms with Crippen molar-refractivity contribution in [2.75, 3.05) is 13.2 Å². The Morgan fingerprint density at radius 1 is 1.40 bits per heavy atom. The lowest BCUT2D eigenvalue weighted by molar-refractivity contribution is 0.0889. The Morgan fingerprint density at radius 3 is 2.65 bits per heavy atom. The van der Waals surface area contributed by atoms with Gasteiger partial charge in [-0.15, -0.1) is 0 Å². The molecule has 1 amide bonds. The molecular formula is C13H18N2O4S. The molecule has 1 heterocycles. The summed E-state index contributed by atoms with van der Waals surface area (Å²) in [6.45, 7) is 4.67. The number of nitrogens with two attached hydrogens (primary N) is 1. The van der Waals surface area contributed by atoms with Gasteiger partial charge in [-0.3, -0.25) is 4.79 Å². The molecule has 0 bridgehead atoms. The van der Waals surface area contributed by atoms with Crippen molar-refractivity contribution in [3.05, 3.63) is 29.3 Å². The minimum Gasteiger partial charge on any atom is -0.379 e. The monoisotopic (exact) mass is 298 g/mol. The van der Waals surface area contributed by atoms with E-state index in [0.29, 0.717) is 18.8 Å². The standard InChI is InChI=1S/C13H18N2O4S/c1-9-5-10(7-11(6-9)20(14,17)18)12(16)15-13(2)3-4-19-8-13/h5-7H,3-4,8H2,1-2H3,(H,15,16)(H2,14,17,18). The smallest absolute Gasteiger partial charge is 0.251 e. The van der Waals surface area contributed by atoms with E-state index in [9.17, 15) is 13.2 Å². The molecule has 1 aromatic carbocycles. The topological polar surface area (TPSA) is 98.5 Å². The van der Waals surface area contributed by atoms with E-state index in [2.05, 4.69) is 5.32 Å². The first-order chi connectivity index (χ1) is 9.20. The van der Waals surface area contributed by atoms with Crippen molar-refractivity contribution in [3.63, 3.8) is 0 Å². The molecule has 20 heavy (non-hydrogen) atoms. The van der Waals surface area contributed by atoms with Crippen LogP contribution in [0.25, 0.3) is 0 Å². The van der Waals surface area contributed by atoms with Gasteiger partial charge in [-0.05, 0) is 44.0 Å². The average Bonchev–Trinajstić information content (AvgIpc) is 2.73. The Balaban J connectivity index is 2.28. The fraction of sp³-hybridized carbons (Fsp3) is 0.462. The zero-order valence-corrected chi connectivity index (χ0v) is 12.3. The average molecular weight is 298 g/mol. The molecule has 1 aromatic rings. The lowest BCUT2D eigenvalue weighted by atomic mass is 10.0. The summed E-state index contributed by atoms with van der Waals surface area (Å²) in [5.41, 5.74) is 0.527. The van der Waals surface area contributed by atoms with Crippen molar-refractivity contribution >= 4 is 15.9 Å². The third kappa shape index (κ3) is 3.36. The number of amides is 1. The number of benzene rings is 1. The van der Waals surface area contributed by atoms with Gasteiger partial charge in [0.25, 0.3) is 5.91 Å². The van der Waals surface area contributed by atoms with E-state index < -0.39 is 15.6 Å². The maximum atomic E-state index is 12.2. The lowest BCUT2D eigenvalue weighted by Gasteiger charge is -2.23. The molecule has 1 saturated heterocycles. The van der Waals surface area contributed by atoms with Crippen LogP contribution >= 0.6 is 0 Å². The van der Waals surface area contributed by atoms with Gasteiger partial charge in [0.05, 0.1) is 17.0 Å². The van der Waals surface area contributed by atoms with Gasteiger partial charge < -0.3 is 10.1 Å². The van der Waals surface area contributed by atoms with Gasteiger partial charge in [-0.25, -0.2) is 13.6 Å². The molecular weight excluding hydrogens is 280 g/mol. The van der Waals surface area contributed by atoms with Crippen LogP contribution in [-0.2, 0) is 14.8 Å². The van der Waals surface area contributed by atoms with Crippen molar-refractivity contribution in [3.8, 4) is 0 Å². The number of hydrogen-bond acceptors (Lipinski definition) is 4. The zero-order chi connectivity index (χ0) is 15.0. The predicted molar refractivity (Wildman–Crippen MR) is 73.9 cm³/mol. The van der Waals surface area contributed by atoms with Crippen molar-refractivity contribution in [1.29, 1.82) is 0 Å². The highest BCUT2D eigenvalue weighted by molar-refractivity contribution is 7.89. The van der Waals surface area contributed by atoms with Crippen LogP contribution in [0.5, 0.6) is 0 Å². The molecule has 110 valence electrons. The molecule has 0 aromatic heterocycles. The molecule has 1 atom stereocenters. The predicted octanol–water partition coefficient (Wildman–Crippen LogP) is 0.551. The molecule has 1 unspecified atom stereocenters. The van der Waals surface area contributed by atoms with Crippen molar-refractivity contribution < 1.29 is 17.9 Å². The SMILES string of the molecule is Cc1cc(C(=O)NC2(C)CCOC2)cc(S(N)(=O)=O)c1. The van der Waals surface area contributed by atoms with Crippen molar-refractivity contribution in [2.24, 2.45) is 5.14 Å². The van der Waals surface area contributed by atoms with Crippen LogP contribution in [0.1, 0.15) is 29.3 Å². The van der Waals surface area contributed by atoms with E-state index in [1.54, 1.807) is 13.0 Å². The van der Waals surface area contributed by atoms with E-state index in [-0.39, 0.29) is 16.4 Å². The second-order valence-corrected chi connectivity index (χ2v) is 6.96. The third-order valence-corrected chi connectivity index (χ3v) is 4.17. The van der Waals surface area contributed by atoms with Crippen molar-refractivity contribution in [2.45, 2.75) is 30.7 Å². The summed E-state index contributed by atoms with van der Waals surface area (Å²) in [7, 11) is -3.83. The van der Waals surface area contributed by atoms with Crippen molar-refractivity contribution in [1.82, 2.24) is 5.32 Å². The highest BCUT2D eigenvalue weighted by Crippen LogP contribution is 2.19. The highest BCUT2D eigenvalue weighted by Gasteiger charge is 2.31. The number of aryl methyl sites for hydroxylation is 1. The van der Waals surface area contributed by atoms with E-state index in [4.69, 9.17) is 9.88 Å². The summed E-state index contributed by atoms with van der Waals surface area (Å²) >= 11 is 0. The molecule has 0 radical (unpaired) electrons. The Kier molecular flexibility index (Phi) is 3.86. The highest BCUT2D eigenvalue weighted by atomic mass is 32.2. The minimum atomic E-state index is -3.83. The number of ether oxygens (including phenoxy) is 1. The van der Waals surface area contributed by atoms with Crippen LogP contribution in [0.2, 0.25) is 0 Å². The first-order valence-electron chi connectivity index (χ1n) is 6.24. The minimum absolute atomic E-state index is 0.0597. The first kappa shape index (κ1) is 15.0. The summed E-state index contributed by atoms with van der Waals surface area (Å²) < 4.78 is 28.1. The summed E-state index contributed by atoms with van der Waals surface area (Å²) in [6.07, 6.45) is 0.729. The number of hydrogen-bond donors (Lipinski definition) is 2. The summed E-state index contributed by atoms with van der Waals surface area (Å²) in [5, 5.41) is 7.98. The fourth-order valence-corrected chi connectivity index (χ4v) is 2.80.